The third kappa shape index (κ3) is 3.49. The van der Waals surface area contributed by atoms with Gasteiger partial charge in [0, 0.05) is 6.04 Å². The zero-order chi connectivity index (χ0) is 9.80. The van der Waals surface area contributed by atoms with Gasteiger partial charge in [-0.15, -0.1) is 12.4 Å². The normalized spacial score (nSPS) is 25.7. The molecule has 1 aliphatic rings. The summed E-state index contributed by atoms with van der Waals surface area (Å²) >= 11 is 0. The van der Waals surface area contributed by atoms with Gasteiger partial charge in [-0.3, -0.25) is 0 Å². The summed E-state index contributed by atoms with van der Waals surface area (Å²) < 4.78 is 0. The van der Waals surface area contributed by atoms with Gasteiger partial charge in [0.25, 0.3) is 0 Å². The molecule has 0 aromatic heterocycles. The lowest BCUT2D eigenvalue weighted by molar-refractivity contribution is 0.0964. The molecule has 2 nitrogen and oxygen atoms in total. The van der Waals surface area contributed by atoms with Crippen molar-refractivity contribution in [2.75, 3.05) is 6.54 Å². The summed E-state index contributed by atoms with van der Waals surface area (Å²) in [6.45, 7) is 1.04. The van der Waals surface area contributed by atoms with Crippen molar-refractivity contribution in [3.05, 3.63) is 35.9 Å². The van der Waals surface area contributed by atoms with Gasteiger partial charge in [0.05, 0.1) is 6.10 Å². The van der Waals surface area contributed by atoms with E-state index in [0.717, 1.165) is 25.8 Å². The number of aliphatic hydroxyl groups excluding tert-OH is 1. The summed E-state index contributed by atoms with van der Waals surface area (Å²) in [5.74, 6) is 0. The lowest BCUT2D eigenvalue weighted by atomic mass is 9.95. The Kier molecular flexibility index (Phi) is 5.09. The number of piperidine rings is 1. The van der Waals surface area contributed by atoms with E-state index in [-0.39, 0.29) is 24.6 Å². The van der Waals surface area contributed by atoms with Crippen LogP contribution < -0.4 is 5.32 Å². The van der Waals surface area contributed by atoms with Crippen LogP contribution in [-0.4, -0.2) is 23.8 Å². The predicted molar refractivity (Wildman–Crippen MR) is 64.4 cm³/mol. The Labute approximate surface area is 97.1 Å². The van der Waals surface area contributed by atoms with Crippen molar-refractivity contribution < 1.29 is 5.11 Å². The smallest absolute Gasteiger partial charge is 0.0696 e. The second-order valence-electron chi connectivity index (χ2n) is 3.96. The number of hydrogen-bond acceptors (Lipinski definition) is 2. The molecule has 2 N–H and O–H groups in total. The van der Waals surface area contributed by atoms with E-state index in [1.807, 2.05) is 18.2 Å². The van der Waals surface area contributed by atoms with Gasteiger partial charge in [0.2, 0.25) is 0 Å². The maximum Gasteiger partial charge on any atom is 0.0696 e. The van der Waals surface area contributed by atoms with E-state index < -0.39 is 0 Å². The SMILES string of the molecule is Cl.OC1CCCNC1Cc1ccccc1. The maximum atomic E-state index is 9.77. The average Bonchev–Trinajstić information content (AvgIpc) is 2.23. The first-order valence-corrected chi connectivity index (χ1v) is 5.31. The molecule has 0 amide bonds. The molecule has 1 saturated heterocycles. The molecule has 2 rings (SSSR count). The van der Waals surface area contributed by atoms with Crippen LogP contribution >= 0.6 is 12.4 Å². The Morgan fingerprint density at radius 2 is 2.00 bits per heavy atom. The van der Waals surface area contributed by atoms with Crippen LogP contribution in [0, 0.1) is 0 Å². The fourth-order valence-corrected chi connectivity index (χ4v) is 2.01. The summed E-state index contributed by atoms with van der Waals surface area (Å²) in [6.07, 6.45) is 2.78. The molecule has 1 fully saturated rings. The highest BCUT2D eigenvalue weighted by Gasteiger charge is 2.22. The van der Waals surface area contributed by atoms with Crippen molar-refractivity contribution in [3.8, 4) is 0 Å². The molecule has 0 saturated carbocycles. The molecule has 0 bridgehead atoms. The lowest BCUT2D eigenvalue weighted by Gasteiger charge is -2.29. The molecule has 2 atom stereocenters. The summed E-state index contributed by atoms with van der Waals surface area (Å²) in [7, 11) is 0. The Balaban J connectivity index is 0.00000112. The molecule has 1 aromatic carbocycles. The Morgan fingerprint density at radius 1 is 1.27 bits per heavy atom. The van der Waals surface area contributed by atoms with Crippen LogP contribution in [0.15, 0.2) is 30.3 Å². The molecule has 0 spiro atoms. The average molecular weight is 228 g/mol. The number of aliphatic hydroxyl groups is 1. The third-order valence-corrected chi connectivity index (χ3v) is 2.85. The number of benzene rings is 1. The number of nitrogens with one attached hydrogen (secondary N) is 1. The first-order valence-electron chi connectivity index (χ1n) is 5.31. The van der Waals surface area contributed by atoms with Gasteiger partial charge in [-0.25, -0.2) is 0 Å². The fraction of sp³-hybridized carbons (Fsp3) is 0.500. The largest absolute Gasteiger partial charge is 0.391 e. The van der Waals surface area contributed by atoms with Gasteiger partial charge in [-0.05, 0) is 31.4 Å². The number of hydrogen-bond donors (Lipinski definition) is 2. The summed E-state index contributed by atoms with van der Waals surface area (Å²) in [5, 5.41) is 13.1. The van der Waals surface area contributed by atoms with E-state index in [9.17, 15) is 5.11 Å². The Bertz CT molecular complexity index is 278. The van der Waals surface area contributed by atoms with Crippen molar-refractivity contribution in [1.82, 2.24) is 5.32 Å². The van der Waals surface area contributed by atoms with Gasteiger partial charge in [-0.2, -0.15) is 0 Å². The van der Waals surface area contributed by atoms with Crippen LogP contribution in [-0.2, 0) is 6.42 Å². The van der Waals surface area contributed by atoms with E-state index >= 15 is 0 Å². The molecule has 1 heterocycles. The van der Waals surface area contributed by atoms with E-state index in [0.29, 0.717) is 0 Å². The second kappa shape index (κ2) is 6.11. The zero-order valence-corrected chi connectivity index (χ0v) is 9.54. The highest BCUT2D eigenvalue weighted by Crippen LogP contribution is 2.13. The summed E-state index contributed by atoms with van der Waals surface area (Å²) in [6, 6.07) is 10.6. The molecule has 84 valence electrons. The van der Waals surface area contributed by atoms with Crippen LogP contribution in [0.25, 0.3) is 0 Å². The Hall–Kier alpha value is -0.570. The van der Waals surface area contributed by atoms with Crippen molar-refractivity contribution in [1.29, 1.82) is 0 Å². The molecule has 15 heavy (non-hydrogen) atoms. The lowest BCUT2D eigenvalue weighted by Crippen LogP contribution is -2.46. The monoisotopic (exact) mass is 227 g/mol. The fourth-order valence-electron chi connectivity index (χ4n) is 2.01. The van der Waals surface area contributed by atoms with Crippen LogP contribution in [0.2, 0.25) is 0 Å². The first-order chi connectivity index (χ1) is 6.86. The van der Waals surface area contributed by atoms with E-state index in [1.165, 1.54) is 5.56 Å². The van der Waals surface area contributed by atoms with Gasteiger partial charge in [-0.1, -0.05) is 30.3 Å². The minimum atomic E-state index is -0.177. The summed E-state index contributed by atoms with van der Waals surface area (Å²) in [5.41, 5.74) is 1.30. The second-order valence-corrected chi connectivity index (χ2v) is 3.96. The predicted octanol–water partition coefficient (Wildman–Crippen LogP) is 1.76. The summed E-state index contributed by atoms with van der Waals surface area (Å²) in [4.78, 5) is 0. The minimum absolute atomic E-state index is 0. The van der Waals surface area contributed by atoms with Crippen molar-refractivity contribution in [2.24, 2.45) is 0 Å². The molecule has 2 unspecified atom stereocenters. The topological polar surface area (TPSA) is 32.3 Å². The number of halogens is 1. The Morgan fingerprint density at radius 3 is 2.67 bits per heavy atom. The van der Waals surface area contributed by atoms with Crippen molar-refractivity contribution in [2.45, 2.75) is 31.4 Å². The number of rotatable bonds is 2. The van der Waals surface area contributed by atoms with E-state index in [4.69, 9.17) is 0 Å². The first kappa shape index (κ1) is 12.5. The quantitative estimate of drug-likeness (QED) is 0.807. The van der Waals surface area contributed by atoms with E-state index in [1.54, 1.807) is 0 Å². The van der Waals surface area contributed by atoms with E-state index in [2.05, 4.69) is 17.4 Å². The molecule has 1 aromatic rings. The standard InChI is InChI=1S/C12H17NO.ClH/c14-12-7-4-8-13-11(12)9-10-5-2-1-3-6-10;/h1-3,5-6,11-14H,4,7-9H2;1H. The van der Waals surface area contributed by atoms with Crippen LogP contribution in [0.3, 0.4) is 0 Å². The van der Waals surface area contributed by atoms with Crippen molar-refractivity contribution >= 4 is 12.4 Å². The molecular formula is C12H18ClNO. The van der Waals surface area contributed by atoms with Crippen LogP contribution in [0.1, 0.15) is 18.4 Å². The van der Waals surface area contributed by atoms with Crippen LogP contribution in [0.4, 0.5) is 0 Å². The minimum Gasteiger partial charge on any atom is -0.391 e. The van der Waals surface area contributed by atoms with Gasteiger partial charge in [0.15, 0.2) is 0 Å². The van der Waals surface area contributed by atoms with Crippen molar-refractivity contribution in [3.63, 3.8) is 0 Å². The molecule has 0 aliphatic carbocycles. The van der Waals surface area contributed by atoms with Gasteiger partial charge in [0.1, 0.15) is 0 Å². The molecule has 3 heteroatoms. The highest BCUT2D eigenvalue weighted by molar-refractivity contribution is 5.85. The van der Waals surface area contributed by atoms with Crippen LogP contribution in [0.5, 0.6) is 0 Å². The maximum absolute atomic E-state index is 9.77. The zero-order valence-electron chi connectivity index (χ0n) is 8.73. The van der Waals surface area contributed by atoms with Gasteiger partial charge < -0.3 is 10.4 Å². The third-order valence-electron chi connectivity index (χ3n) is 2.85. The molecule has 0 radical (unpaired) electrons. The highest BCUT2D eigenvalue weighted by atomic mass is 35.5. The molecule has 1 aliphatic heterocycles. The van der Waals surface area contributed by atoms with Gasteiger partial charge >= 0.3 is 0 Å². The molecular weight excluding hydrogens is 210 g/mol.